The van der Waals surface area contributed by atoms with Gasteiger partial charge in [0.05, 0.1) is 7.11 Å². The minimum absolute atomic E-state index is 0.282. The predicted octanol–water partition coefficient (Wildman–Crippen LogP) is 0.0212. The molecule has 94 valence electrons. The van der Waals surface area contributed by atoms with Gasteiger partial charge in [-0.1, -0.05) is 0 Å². The number of carbonyl (C=O) groups is 1. The highest BCUT2D eigenvalue weighted by Gasteiger charge is 2.34. The average Bonchev–Trinajstić information content (AvgIpc) is 2.28. The fraction of sp³-hybridized carbons (Fsp3) is 0.909. The normalized spacial score (nSPS) is 21.8. The van der Waals surface area contributed by atoms with Crippen molar-refractivity contribution in [2.75, 3.05) is 33.9 Å². The van der Waals surface area contributed by atoms with Gasteiger partial charge in [-0.2, -0.15) is 0 Å². The lowest BCUT2D eigenvalue weighted by Gasteiger charge is -2.34. The third-order valence-electron chi connectivity index (χ3n) is 3.00. The Labute approximate surface area is 96.3 Å². The summed E-state index contributed by atoms with van der Waals surface area (Å²) in [4.78, 5) is 13.3. The zero-order valence-electron chi connectivity index (χ0n) is 10.2. The first kappa shape index (κ1) is 13.4. The van der Waals surface area contributed by atoms with Crippen LogP contribution in [-0.4, -0.2) is 61.5 Å². The van der Waals surface area contributed by atoms with Gasteiger partial charge in [0.15, 0.2) is 5.60 Å². The SMILES string of the molecule is COC(=O)C(C)(O)CN(C)C1CCOCC1. The van der Waals surface area contributed by atoms with Gasteiger partial charge in [-0.3, -0.25) is 4.90 Å². The summed E-state index contributed by atoms with van der Waals surface area (Å²) in [5.41, 5.74) is -1.44. The van der Waals surface area contributed by atoms with Gasteiger partial charge in [0, 0.05) is 25.8 Å². The van der Waals surface area contributed by atoms with Crippen LogP contribution in [0.5, 0.6) is 0 Å². The highest BCUT2D eigenvalue weighted by molar-refractivity contribution is 5.78. The Hall–Kier alpha value is -0.650. The van der Waals surface area contributed by atoms with Crippen molar-refractivity contribution in [1.29, 1.82) is 0 Å². The summed E-state index contributed by atoms with van der Waals surface area (Å²) in [5.74, 6) is -0.591. The first-order valence-electron chi connectivity index (χ1n) is 5.56. The van der Waals surface area contributed by atoms with Crippen molar-refractivity contribution in [2.45, 2.75) is 31.4 Å². The van der Waals surface area contributed by atoms with Gasteiger partial charge < -0.3 is 14.6 Å². The van der Waals surface area contributed by atoms with Crippen LogP contribution in [-0.2, 0) is 14.3 Å². The van der Waals surface area contributed by atoms with Crippen molar-refractivity contribution < 1.29 is 19.4 Å². The molecule has 0 radical (unpaired) electrons. The number of esters is 1. The number of aliphatic hydroxyl groups is 1. The van der Waals surface area contributed by atoms with Crippen LogP contribution >= 0.6 is 0 Å². The molecule has 5 nitrogen and oxygen atoms in total. The molecule has 0 aliphatic carbocycles. The third-order valence-corrected chi connectivity index (χ3v) is 3.00. The number of hydrogen-bond donors (Lipinski definition) is 1. The van der Waals surface area contributed by atoms with E-state index in [4.69, 9.17) is 4.74 Å². The molecule has 1 aliphatic rings. The third kappa shape index (κ3) is 3.43. The standard InChI is InChI=1S/C11H21NO4/c1-11(14,10(13)15-3)8-12(2)9-4-6-16-7-5-9/h9,14H,4-8H2,1-3H3. The molecule has 1 N–H and O–H groups in total. The van der Waals surface area contributed by atoms with Gasteiger partial charge in [-0.05, 0) is 26.8 Å². The molecule has 1 fully saturated rings. The van der Waals surface area contributed by atoms with Gasteiger partial charge in [0.25, 0.3) is 0 Å². The van der Waals surface area contributed by atoms with Crippen molar-refractivity contribution in [3.05, 3.63) is 0 Å². The van der Waals surface area contributed by atoms with Crippen LogP contribution in [0.15, 0.2) is 0 Å². The van der Waals surface area contributed by atoms with E-state index in [9.17, 15) is 9.90 Å². The van der Waals surface area contributed by atoms with E-state index in [0.29, 0.717) is 6.04 Å². The Kier molecular flexibility index (Phi) is 4.70. The smallest absolute Gasteiger partial charge is 0.338 e. The zero-order valence-corrected chi connectivity index (χ0v) is 10.2. The molecule has 0 aromatic carbocycles. The largest absolute Gasteiger partial charge is 0.467 e. The summed E-state index contributed by atoms with van der Waals surface area (Å²) >= 11 is 0. The van der Waals surface area contributed by atoms with E-state index < -0.39 is 11.6 Å². The van der Waals surface area contributed by atoms with Crippen LogP contribution in [0.1, 0.15) is 19.8 Å². The highest BCUT2D eigenvalue weighted by atomic mass is 16.5. The van der Waals surface area contributed by atoms with Crippen molar-refractivity contribution >= 4 is 5.97 Å². The van der Waals surface area contributed by atoms with E-state index in [-0.39, 0.29) is 6.54 Å². The van der Waals surface area contributed by atoms with Gasteiger partial charge in [0.2, 0.25) is 0 Å². The number of ether oxygens (including phenoxy) is 2. The van der Waals surface area contributed by atoms with Crippen molar-refractivity contribution in [1.82, 2.24) is 4.90 Å². The maximum atomic E-state index is 11.3. The number of likely N-dealkylation sites (N-methyl/N-ethyl adjacent to an activating group) is 1. The summed E-state index contributed by atoms with van der Waals surface area (Å²) in [6.45, 7) is 3.25. The minimum atomic E-state index is -1.44. The lowest BCUT2D eigenvalue weighted by Crippen LogP contribution is -2.50. The topological polar surface area (TPSA) is 59.0 Å². The lowest BCUT2D eigenvalue weighted by molar-refractivity contribution is -0.162. The number of methoxy groups -OCH3 is 1. The Morgan fingerprint density at radius 2 is 2.12 bits per heavy atom. The van der Waals surface area contributed by atoms with Gasteiger partial charge in [-0.15, -0.1) is 0 Å². The van der Waals surface area contributed by atoms with E-state index in [1.165, 1.54) is 14.0 Å². The van der Waals surface area contributed by atoms with E-state index >= 15 is 0 Å². The maximum absolute atomic E-state index is 11.3. The Morgan fingerprint density at radius 3 is 2.62 bits per heavy atom. The lowest BCUT2D eigenvalue weighted by atomic mass is 10.0. The summed E-state index contributed by atoms with van der Waals surface area (Å²) in [6.07, 6.45) is 1.88. The molecule has 0 spiro atoms. The van der Waals surface area contributed by atoms with Crippen LogP contribution in [0.3, 0.4) is 0 Å². The van der Waals surface area contributed by atoms with E-state index in [0.717, 1.165) is 26.1 Å². The molecule has 0 bridgehead atoms. The summed E-state index contributed by atoms with van der Waals surface area (Å²) in [6, 6.07) is 0.366. The second kappa shape index (κ2) is 5.61. The maximum Gasteiger partial charge on any atom is 0.338 e. The molecule has 0 amide bonds. The molecule has 0 aromatic heterocycles. The van der Waals surface area contributed by atoms with Crippen LogP contribution in [0.2, 0.25) is 0 Å². The summed E-state index contributed by atoms with van der Waals surface area (Å²) in [7, 11) is 3.19. The molecule has 1 aliphatic heterocycles. The Morgan fingerprint density at radius 1 is 1.56 bits per heavy atom. The van der Waals surface area contributed by atoms with Gasteiger partial charge in [0.1, 0.15) is 0 Å². The first-order chi connectivity index (χ1) is 7.47. The van der Waals surface area contributed by atoms with E-state index in [2.05, 4.69) is 4.74 Å². The molecule has 16 heavy (non-hydrogen) atoms. The zero-order chi connectivity index (χ0) is 12.2. The van der Waals surface area contributed by atoms with Crippen LogP contribution in [0.25, 0.3) is 0 Å². The molecule has 1 atom stereocenters. The van der Waals surface area contributed by atoms with Gasteiger partial charge in [-0.25, -0.2) is 4.79 Å². The van der Waals surface area contributed by atoms with E-state index in [1.807, 2.05) is 11.9 Å². The van der Waals surface area contributed by atoms with E-state index in [1.54, 1.807) is 0 Å². The molecule has 1 rings (SSSR count). The van der Waals surface area contributed by atoms with Crippen molar-refractivity contribution in [3.63, 3.8) is 0 Å². The van der Waals surface area contributed by atoms with Crippen LogP contribution < -0.4 is 0 Å². The first-order valence-corrected chi connectivity index (χ1v) is 5.56. The molecular formula is C11H21NO4. The average molecular weight is 231 g/mol. The second-order valence-corrected chi connectivity index (χ2v) is 4.52. The molecule has 0 saturated carbocycles. The molecular weight excluding hydrogens is 210 g/mol. The number of hydrogen-bond acceptors (Lipinski definition) is 5. The second-order valence-electron chi connectivity index (χ2n) is 4.52. The number of nitrogens with zero attached hydrogens (tertiary/aromatic N) is 1. The van der Waals surface area contributed by atoms with Crippen molar-refractivity contribution in [2.24, 2.45) is 0 Å². The molecule has 1 heterocycles. The monoisotopic (exact) mass is 231 g/mol. The summed E-state index contributed by atoms with van der Waals surface area (Å²) < 4.78 is 9.83. The van der Waals surface area contributed by atoms with Crippen molar-refractivity contribution in [3.8, 4) is 0 Å². The van der Waals surface area contributed by atoms with Gasteiger partial charge >= 0.3 is 5.97 Å². The minimum Gasteiger partial charge on any atom is -0.467 e. The number of carbonyl (C=O) groups excluding carboxylic acids is 1. The van der Waals surface area contributed by atoms with Crippen LogP contribution in [0, 0.1) is 0 Å². The summed E-state index contributed by atoms with van der Waals surface area (Å²) in [5, 5.41) is 9.94. The fourth-order valence-corrected chi connectivity index (χ4v) is 2.03. The number of rotatable bonds is 4. The fourth-order valence-electron chi connectivity index (χ4n) is 2.03. The van der Waals surface area contributed by atoms with Crippen LogP contribution in [0.4, 0.5) is 0 Å². The Bertz CT molecular complexity index is 236. The molecule has 1 saturated heterocycles. The quantitative estimate of drug-likeness (QED) is 0.691. The molecule has 5 heteroatoms. The molecule has 0 aromatic rings. The predicted molar refractivity (Wildman–Crippen MR) is 59.1 cm³/mol. The Balaban J connectivity index is 2.48. The molecule has 1 unspecified atom stereocenters. The highest BCUT2D eigenvalue weighted by Crippen LogP contribution is 2.16.